The van der Waals surface area contributed by atoms with E-state index in [0.29, 0.717) is 9.26 Å². The van der Waals surface area contributed by atoms with Crippen LogP contribution in [0.4, 0.5) is 18.9 Å². The SMILES string of the molecule is N#CCC(=O)Nc1ccc(OC(F)(F)F)cc1I. The molecule has 8 heteroatoms. The summed E-state index contributed by atoms with van der Waals surface area (Å²) in [6.45, 7) is 0. The second kappa shape index (κ2) is 5.90. The normalized spacial score (nSPS) is 10.6. The molecule has 0 radical (unpaired) electrons. The molecule has 1 N–H and O–H groups in total. The van der Waals surface area contributed by atoms with E-state index >= 15 is 0 Å². The molecule has 4 nitrogen and oxygen atoms in total. The van der Waals surface area contributed by atoms with Crippen LogP contribution in [-0.4, -0.2) is 12.3 Å². The number of alkyl halides is 3. The van der Waals surface area contributed by atoms with Crippen LogP contribution < -0.4 is 10.1 Å². The molecule has 0 aliphatic carbocycles. The van der Waals surface area contributed by atoms with Crippen molar-refractivity contribution in [2.24, 2.45) is 0 Å². The van der Waals surface area contributed by atoms with Gasteiger partial charge >= 0.3 is 6.36 Å². The molecule has 0 heterocycles. The number of anilines is 1. The lowest BCUT2D eigenvalue weighted by Crippen LogP contribution is -2.17. The third kappa shape index (κ3) is 4.79. The number of benzene rings is 1. The van der Waals surface area contributed by atoms with E-state index in [1.807, 2.05) is 0 Å². The summed E-state index contributed by atoms with van der Waals surface area (Å²) in [5.41, 5.74) is 0.324. The third-order valence-electron chi connectivity index (χ3n) is 1.69. The van der Waals surface area contributed by atoms with Crippen LogP contribution in [0.5, 0.6) is 5.75 Å². The minimum Gasteiger partial charge on any atom is -0.406 e. The summed E-state index contributed by atoms with van der Waals surface area (Å²) in [7, 11) is 0. The number of carbonyl (C=O) groups excluding carboxylic acids is 1. The van der Waals surface area contributed by atoms with Gasteiger partial charge in [0.15, 0.2) is 0 Å². The average Bonchev–Trinajstić information content (AvgIpc) is 2.20. The van der Waals surface area contributed by atoms with Crippen LogP contribution in [0, 0.1) is 14.9 Å². The van der Waals surface area contributed by atoms with Gasteiger partial charge in [0.25, 0.3) is 0 Å². The minimum atomic E-state index is -4.76. The molecule has 18 heavy (non-hydrogen) atoms. The Morgan fingerprint density at radius 2 is 2.17 bits per heavy atom. The summed E-state index contributed by atoms with van der Waals surface area (Å²) in [5, 5.41) is 10.7. The Hall–Kier alpha value is -1.50. The van der Waals surface area contributed by atoms with E-state index in [-0.39, 0.29) is 12.2 Å². The Kier molecular flexibility index (Phi) is 4.77. The maximum absolute atomic E-state index is 12.0. The average molecular weight is 370 g/mol. The summed E-state index contributed by atoms with van der Waals surface area (Å²) >= 11 is 1.75. The van der Waals surface area contributed by atoms with Crippen molar-refractivity contribution in [3.63, 3.8) is 0 Å². The van der Waals surface area contributed by atoms with Crippen LogP contribution >= 0.6 is 22.6 Å². The first kappa shape index (κ1) is 14.6. The topological polar surface area (TPSA) is 62.1 Å². The molecule has 0 aromatic heterocycles. The fourth-order valence-corrected chi connectivity index (χ4v) is 1.68. The Balaban J connectivity index is 2.80. The van der Waals surface area contributed by atoms with Gasteiger partial charge in [-0.15, -0.1) is 13.2 Å². The van der Waals surface area contributed by atoms with E-state index in [2.05, 4.69) is 10.1 Å². The van der Waals surface area contributed by atoms with E-state index in [1.54, 1.807) is 28.7 Å². The quantitative estimate of drug-likeness (QED) is 0.833. The zero-order valence-electron chi connectivity index (χ0n) is 8.71. The second-order valence-electron chi connectivity index (χ2n) is 3.07. The van der Waals surface area contributed by atoms with E-state index in [1.165, 1.54) is 6.07 Å². The van der Waals surface area contributed by atoms with Crippen molar-refractivity contribution in [1.82, 2.24) is 0 Å². The Morgan fingerprint density at radius 3 is 2.67 bits per heavy atom. The van der Waals surface area contributed by atoms with Crippen LogP contribution in [-0.2, 0) is 4.79 Å². The lowest BCUT2D eigenvalue weighted by molar-refractivity contribution is -0.274. The largest absolute Gasteiger partial charge is 0.573 e. The fraction of sp³-hybridized carbons (Fsp3) is 0.200. The number of hydrogen-bond acceptors (Lipinski definition) is 3. The van der Waals surface area contributed by atoms with E-state index in [4.69, 9.17) is 5.26 Å². The lowest BCUT2D eigenvalue weighted by Gasteiger charge is -2.11. The zero-order valence-corrected chi connectivity index (χ0v) is 10.9. The fourth-order valence-electron chi connectivity index (χ4n) is 1.06. The minimum absolute atomic E-state index is 0.323. The van der Waals surface area contributed by atoms with Gasteiger partial charge < -0.3 is 10.1 Å². The molecule has 0 unspecified atom stereocenters. The number of nitrogens with one attached hydrogen (secondary N) is 1. The van der Waals surface area contributed by atoms with Gasteiger partial charge in [0.05, 0.1) is 11.8 Å². The molecule has 0 spiro atoms. The second-order valence-corrected chi connectivity index (χ2v) is 4.23. The lowest BCUT2D eigenvalue weighted by atomic mass is 10.3. The number of nitriles is 1. The van der Waals surface area contributed by atoms with Crippen molar-refractivity contribution in [3.05, 3.63) is 21.8 Å². The summed E-state index contributed by atoms with van der Waals surface area (Å²) in [4.78, 5) is 11.1. The van der Waals surface area contributed by atoms with Gasteiger partial charge in [-0.1, -0.05) is 0 Å². The van der Waals surface area contributed by atoms with Crippen LogP contribution in [0.15, 0.2) is 18.2 Å². The maximum atomic E-state index is 12.0. The predicted octanol–water partition coefficient (Wildman–Crippen LogP) is 3.04. The molecule has 1 aromatic carbocycles. The first-order valence-corrected chi connectivity index (χ1v) is 5.62. The van der Waals surface area contributed by atoms with Crippen LogP contribution in [0.25, 0.3) is 0 Å². The van der Waals surface area contributed by atoms with Gasteiger partial charge in [-0.25, -0.2) is 0 Å². The Morgan fingerprint density at radius 1 is 1.50 bits per heavy atom. The molecule has 0 aliphatic heterocycles. The molecular weight excluding hydrogens is 364 g/mol. The standard InChI is InChI=1S/C10H6F3IN2O2/c11-10(12,13)18-6-1-2-8(7(14)5-6)16-9(17)3-4-15/h1-2,5H,3H2,(H,16,17). The monoisotopic (exact) mass is 370 g/mol. The molecule has 1 rings (SSSR count). The van der Waals surface area contributed by atoms with Crippen LogP contribution in [0.2, 0.25) is 0 Å². The van der Waals surface area contributed by atoms with E-state index < -0.39 is 12.3 Å². The molecule has 0 saturated heterocycles. The highest BCUT2D eigenvalue weighted by atomic mass is 127. The first-order valence-electron chi connectivity index (χ1n) is 4.54. The van der Waals surface area contributed by atoms with E-state index in [9.17, 15) is 18.0 Å². The highest BCUT2D eigenvalue weighted by Crippen LogP contribution is 2.28. The first-order chi connectivity index (χ1) is 8.31. The summed E-state index contributed by atoms with van der Waals surface area (Å²) in [6.07, 6.45) is -5.08. The number of rotatable bonds is 3. The van der Waals surface area contributed by atoms with Crippen molar-refractivity contribution >= 4 is 34.2 Å². The molecule has 1 amide bonds. The van der Waals surface area contributed by atoms with Gasteiger partial charge in [0, 0.05) is 3.57 Å². The van der Waals surface area contributed by atoms with Crippen molar-refractivity contribution in [2.75, 3.05) is 5.32 Å². The summed E-state index contributed by atoms with van der Waals surface area (Å²) in [6, 6.07) is 5.15. The highest BCUT2D eigenvalue weighted by molar-refractivity contribution is 14.1. The smallest absolute Gasteiger partial charge is 0.406 e. The third-order valence-corrected chi connectivity index (χ3v) is 2.58. The van der Waals surface area contributed by atoms with Crippen molar-refractivity contribution in [1.29, 1.82) is 5.26 Å². The zero-order chi connectivity index (χ0) is 13.8. The Bertz CT molecular complexity index is 497. The number of halogens is 4. The van der Waals surface area contributed by atoms with Crippen molar-refractivity contribution in [3.8, 4) is 11.8 Å². The number of amides is 1. The maximum Gasteiger partial charge on any atom is 0.573 e. The predicted molar refractivity (Wildman–Crippen MR) is 64.7 cm³/mol. The summed E-state index contributed by atoms with van der Waals surface area (Å²) < 4.78 is 40.0. The van der Waals surface area contributed by atoms with Gasteiger partial charge in [-0.2, -0.15) is 5.26 Å². The molecule has 1 aromatic rings. The molecule has 0 fully saturated rings. The molecule has 0 saturated carbocycles. The molecule has 96 valence electrons. The van der Waals surface area contributed by atoms with Gasteiger partial charge in [0.1, 0.15) is 12.2 Å². The summed E-state index contributed by atoms with van der Waals surface area (Å²) in [5.74, 6) is -0.898. The van der Waals surface area contributed by atoms with E-state index in [0.717, 1.165) is 12.1 Å². The van der Waals surface area contributed by atoms with Crippen molar-refractivity contribution in [2.45, 2.75) is 12.8 Å². The van der Waals surface area contributed by atoms with Gasteiger partial charge in [0.2, 0.25) is 5.91 Å². The number of hydrogen-bond donors (Lipinski definition) is 1. The molecule has 0 bridgehead atoms. The number of carbonyl (C=O) groups is 1. The highest BCUT2D eigenvalue weighted by Gasteiger charge is 2.31. The van der Waals surface area contributed by atoms with Crippen LogP contribution in [0.3, 0.4) is 0 Å². The number of nitrogens with zero attached hydrogens (tertiary/aromatic N) is 1. The van der Waals surface area contributed by atoms with Gasteiger partial charge in [-0.3, -0.25) is 4.79 Å². The molecule has 0 aliphatic rings. The molecule has 0 atom stereocenters. The Labute approximate surface area is 114 Å². The van der Waals surface area contributed by atoms with Gasteiger partial charge in [-0.05, 0) is 40.8 Å². The number of ether oxygens (including phenoxy) is 1. The van der Waals surface area contributed by atoms with Crippen LogP contribution in [0.1, 0.15) is 6.42 Å². The van der Waals surface area contributed by atoms with Crippen molar-refractivity contribution < 1.29 is 22.7 Å². The molecular formula is C10H6F3IN2O2.